The molecule has 0 spiro atoms. The average molecular weight is 559 g/mol. The summed E-state index contributed by atoms with van der Waals surface area (Å²) in [6.45, 7) is 9.25. The Morgan fingerprint density at radius 2 is 1.54 bits per heavy atom. The van der Waals surface area contributed by atoms with Crippen LogP contribution in [0.25, 0.3) is 32.0 Å². The first-order chi connectivity index (χ1) is 18.9. The summed E-state index contributed by atoms with van der Waals surface area (Å²) in [7, 11) is 2.15. The summed E-state index contributed by atoms with van der Waals surface area (Å²) in [4.78, 5) is 28.9. The van der Waals surface area contributed by atoms with Gasteiger partial charge in [0.2, 0.25) is 5.91 Å². The highest BCUT2D eigenvalue weighted by Crippen LogP contribution is 2.38. The number of hydrogen-bond donors (Lipinski definition) is 0. The SMILES string of the molecule is CCCN(C)Cc1ncc(-c2ccc(-c3ccc(-c4cnc([C@@H]5CCCN5C(=O)CC(C)C)s4)cc3)cc2)s1. The van der Waals surface area contributed by atoms with Crippen LogP contribution in [0.5, 0.6) is 0 Å². The van der Waals surface area contributed by atoms with Gasteiger partial charge in [-0.15, -0.1) is 22.7 Å². The van der Waals surface area contributed by atoms with Gasteiger partial charge in [0, 0.05) is 25.4 Å². The van der Waals surface area contributed by atoms with E-state index in [2.05, 4.69) is 86.2 Å². The number of nitrogens with zero attached hydrogens (tertiary/aromatic N) is 4. The van der Waals surface area contributed by atoms with Crippen LogP contribution in [0.3, 0.4) is 0 Å². The summed E-state index contributed by atoms with van der Waals surface area (Å²) in [6.07, 6.45) is 7.79. The zero-order valence-corrected chi connectivity index (χ0v) is 25.0. The molecule has 7 heteroatoms. The number of thiazole rings is 2. The maximum atomic E-state index is 12.7. The monoisotopic (exact) mass is 558 g/mol. The predicted molar refractivity (Wildman–Crippen MR) is 164 cm³/mol. The smallest absolute Gasteiger partial charge is 0.223 e. The maximum Gasteiger partial charge on any atom is 0.223 e. The molecule has 1 saturated heterocycles. The molecule has 1 aliphatic heterocycles. The fourth-order valence-corrected chi connectivity index (χ4v) is 7.30. The zero-order valence-electron chi connectivity index (χ0n) is 23.4. The van der Waals surface area contributed by atoms with Crippen LogP contribution in [0.2, 0.25) is 0 Å². The topological polar surface area (TPSA) is 49.3 Å². The number of carbonyl (C=O) groups excluding carboxylic acids is 1. The quantitative estimate of drug-likeness (QED) is 0.197. The molecule has 5 rings (SSSR count). The van der Waals surface area contributed by atoms with E-state index in [1.54, 1.807) is 22.7 Å². The van der Waals surface area contributed by atoms with Crippen molar-refractivity contribution in [3.63, 3.8) is 0 Å². The van der Waals surface area contributed by atoms with Crippen molar-refractivity contribution in [3.8, 4) is 32.0 Å². The number of amides is 1. The van der Waals surface area contributed by atoms with Crippen LogP contribution in [0.1, 0.15) is 62.5 Å². The van der Waals surface area contributed by atoms with Gasteiger partial charge in [0.25, 0.3) is 0 Å². The third-order valence-corrected chi connectivity index (χ3v) is 9.38. The average Bonchev–Trinajstić information content (AvgIpc) is 3.69. The lowest BCUT2D eigenvalue weighted by Gasteiger charge is -2.24. The molecule has 0 unspecified atom stereocenters. The Balaban J connectivity index is 1.25. The summed E-state index contributed by atoms with van der Waals surface area (Å²) in [5, 5.41) is 2.22. The standard InChI is InChI=1S/C32H38N4OS2/c1-5-16-35(4)21-30-33-19-28(38-30)25-12-8-23(9-13-25)24-10-14-26(15-11-24)29-20-34-32(39-29)27-7-6-17-36(27)31(37)18-22(2)3/h8-15,19-20,22,27H,5-7,16-18,21H2,1-4H3/t27-/m0/s1. The molecule has 0 saturated carbocycles. The molecule has 1 fully saturated rings. The normalized spacial score (nSPS) is 15.5. The third-order valence-electron chi connectivity index (χ3n) is 7.20. The van der Waals surface area contributed by atoms with Crippen LogP contribution >= 0.6 is 22.7 Å². The van der Waals surface area contributed by atoms with Gasteiger partial charge in [0.15, 0.2) is 0 Å². The number of carbonyl (C=O) groups is 1. The van der Waals surface area contributed by atoms with E-state index >= 15 is 0 Å². The molecule has 4 aromatic rings. The number of benzene rings is 2. The van der Waals surface area contributed by atoms with Gasteiger partial charge in [-0.1, -0.05) is 69.3 Å². The van der Waals surface area contributed by atoms with E-state index in [1.807, 2.05) is 17.3 Å². The molecule has 2 aromatic carbocycles. The second-order valence-electron chi connectivity index (χ2n) is 10.9. The van der Waals surface area contributed by atoms with Crippen LogP contribution < -0.4 is 0 Å². The largest absolute Gasteiger partial charge is 0.333 e. The second-order valence-corrected chi connectivity index (χ2v) is 13.1. The van der Waals surface area contributed by atoms with Gasteiger partial charge < -0.3 is 4.90 Å². The van der Waals surface area contributed by atoms with Crippen LogP contribution in [-0.2, 0) is 11.3 Å². The van der Waals surface area contributed by atoms with Crippen molar-refractivity contribution in [2.45, 2.75) is 59.0 Å². The van der Waals surface area contributed by atoms with Crippen LogP contribution in [-0.4, -0.2) is 45.8 Å². The minimum Gasteiger partial charge on any atom is -0.333 e. The van der Waals surface area contributed by atoms with Crippen LogP contribution in [0, 0.1) is 5.92 Å². The first-order valence-electron chi connectivity index (χ1n) is 14.0. The van der Waals surface area contributed by atoms with Gasteiger partial charge in [-0.05, 0) is 61.0 Å². The molecule has 39 heavy (non-hydrogen) atoms. The minimum atomic E-state index is 0.125. The van der Waals surface area contributed by atoms with Crippen molar-refractivity contribution in [1.29, 1.82) is 0 Å². The molecule has 5 nitrogen and oxygen atoms in total. The Labute approximate surface area is 240 Å². The molecule has 3 heterocycles. The molecule has 1 aliphatic rings. The highest BCUT2D eigenvalue weighted by Gasteiger charge is 2.32. The minimum absolute atomic E-state index is 0.125. The highest BCUT2D eigenvalue weighted by molar-refractivity contribution is 7.15. The predicted octanol–water partition coefficient (Wildman–Crippen LogP) is 8.15. The molecule has 2 aromatic heterocycles. The summed E-state index contributed by atoms with van der Waals surface area (Å²) >= 11 is 3.50. The highest BCUT2D eigenvalue weighted by atomic mass is 32.1. The van der Waals surface area contributed by atoms with E-state index in [4.69, 9.17) is 4.98 Å². The fraction of sp³-hybridized carbons (Fsp3) is 0.406. The lowest BCUT2D eigenvalue weighted by Crippen LogP contribution is -2.31. The van der Waals surface area contributed by atoms with Gasteiger partial charge in [0.1, 0.15) is 10.0 Å². The Bertz CT molecular complexity index is 1370. The Morgan fingerprint density at radius 1 is 0.949 bits per heavy atom. The Hall–Kier alpha value is -2.87. The van der Waals surface area contributed by atoms with Crippen LogP contribution in [0.4, 0.5) is 0 Å². The molecule has 0 aliphatic carbocycles. The van der Waals surface area contributed by atoms with E-state index in [0.29, 0.717) is 12.3 Å². The lowest BCUT2D eigenvalue weighted by molar-refractivity contribution is -0.132. The van der Waals surface area contributed by atoms with E-state index in [1.165, 1.54) is 27.1 Å². The second kappa shape index (κ2) is 12.5. The summed E-state index contributed by atoms with van der Waals surface area (Å²) in [5.41, 5.74) is 4.78. The zero-order chi connectivity index (χ0) is 27.4. The van der Waals surface area contributed by atoms with Crippen molar-refractivity contribution in [2.75, 3.05) is 20.1 Å². The van der Waals surface area contributed by atoms with Crippen molar-refractivity contribution >= 4 is 28.6 Å². The van der Waals surface area contributed by atoms with Gasteiger partial charge in [-0.3, -0.25) is 9.69 Å². The molecule has 0 N–H and O–H groups in total. The molecule has 0 radical (unpaired) electrons. The van der Waals surface area contributed by atoms with Crippen LogP contribution in [0.15, 0.2) is 60.9 Å². The van der Waals surface area contributed by atoms with E-state index in [9.17, 15) is 4.79 Å². The van der Waals surface area contributed by atoms with Crippen molar-refractivity contribution < 1.29 is 4.79 Å². The fourth-order valence-electron chi connectivity index (χ4n) is 5.23. The van der Waals surface area contributed by atoms with Gasteiger partial charge >= 0.3 is 0 Å². The third kappa shape index (κ3) is 6.65. The summed E-state index contributed by atoms with van der Waals surface area (Å²) in [6, 6.07) is 17.6. The number of likely N-dealkylation sites (tertiary alicyclic amines) is 1. The first kappa shape index (κ1) is 27.7. The number of hydrogen-bond acceptors (Lipinski definition) is 6. The Kier molecular flexibility index (Phi) is 8.90. The Morgan fingerprint density at radius 3 is 2.15 bits per heavy atom. The van der Waals surface area contributed by atoms with Gasteiger partial charge in [0.05, 0.1) is 22.3 Å². The van der Waals surface area contributed by atoms with Crippen molar-refractivity contribution in [2.24, 2.45) is 5.92 Å². The molecule has 0 bridgehead atoms. The van der Waals surface area contributed by atoms with Gasteiger partial charge in [-0.2, -0.15) is 0 Å². The molecule has 1 amide bonds. The molecular weight excluding hydrogens is 521 g/mol. The molecular formula is C32H38N4OS2. The number of aromatic nitrogens is 2. The van der Waals surface area contributed by atoms with Crippen molar-refractivity contribution in [3.05, 3.63) is 70.9 Å². The van der Waals surface area contributed by atoms with E-state index in [0.717, 1.165) is 53.8 Å². The summed E-state index contributed by atoms with van der Waals surface area (Å²) in [5.74, 6) is 0.637. The summed E-state index contributed by atoms with van der Waals surface area (Å²) < 4.78 is 0. The maximum absolute atomic E-state index is 12.7. The van der Waals surface area contributed by atoms with E-state index in [-0.39, 0.29) is 11.9 Å². The first-order valence-corrected chi connectivity index (χ1v) is 15.6. The number of rotatable bonds is 10. The lowest BCUT2D eigenvalue weighted by atomic mass is 10.0. The molecule has 1 atom stereocenters. The van der Waals surface area contributed by atoms with E-state index < -0.39 is 0 Å². The van der Waals surface area contributed by atoms with Crippen molar-refractivity contribution in [1.82, 2.24) is 19.8 Å². The van der Waals surface area contributed by atoms with Gasteiger partial charge in [-0.25, -0.2) is 9.97 Å². The molecule has 204 valence electrons.